The Morgan fingerprint density at radius 3 is 2.20 bits per heavy atom. The van der Waals surface area contributed by atoms with Crippen LogP contribution in [-0.4, -0.2) is 41.8 Å². The normalized spacial score (nSPS) is 23.7. The number of amides is 2. The Labute approximate surface area is 205 Å². The van der Waals surface area contributed by atoms with E-state index in [9.17, 15) is 19.5 Å². The van der Waals surface area contributed by atoms with Crippen LogP contribution in [0.2, 0.25) is 0 Å². The number of hydrogen-bond donors (Lipinski definition) is 3. The van der Waals surface area contributed by atoms with Gasteiger partial charge in [0.1, 0.15) is 12.6 Å². The fraction of sp³-hybridized carbons (Fsp3) is 0.464. The molecule has 5 atom stereocenters. The first-order valence-corrected chi connectivity index (χ1v) is 12.5. The van der Waals surface area contributed by atoms with E-state index in [1.165, 1.54) is 19.3 Å². The second-order valence-electron chi connectivity index (χ2n) is 10.3. The molecule has 3 aliphatic rings. The van der Waals surface area contributed by atoms with Crippen LogP contribution in [0.3, 0.4) is 0 Å². The first-order chi connectivity index (χ1) is 16.9. The molecular weight excluding hydrogens is 444 g/mol. The van der Waals surface area contributed by atoms with E-state index in [-0.39, 0.29) is 18.6 Å². The third-order valence-electron chi connectivity index (χ3n) is 8.14. The molecule has 0 radical (unpaired) electrons. The fourth-order valence-corrected chi connectivity index (χ4v) is 6.50. The zero-order valence-electron chi connectivity index (χ0n) is 19.9. The van der Waals surface area contributed by atoms with E-state index in [2.05, 4.69) is 22.8 Å². The van der Waals surface area contributed by atoms with Gasteiger partial charge in [-0.15, -0.1) is 0 Å². The molecule has 0 spiro atoms. The van der Waals surface area contributed by atoms with Crippen molar-refractivity contribution in [3.05, 3.63) is 59.7 Å². The van der Waals surface area contributed by atoms with Gasteiger partial charge in [0.2, 0.25) is 5.91 Å². The molecule has 0 aliphatic heterocycles. The number of carbonyl (C=O) groups is 3. The van der Waals surface area contributed by atoms with Crippen LogP contribution in [0.5, 0.6) is 0 Å². The molecule has 2 fully saturated rings. The fourth-order valence-electron chi connectivity index (χ4n) is 6.50. The lowest BCUT2D eigenvalue weighted by Crippen LogP contribution is -2.52. The van der Waals surface area contributed by atoms with Gasteiger partial charge in [0, 0.05) is 12.0 Å². The van der Waals surface area contributed by atoms with Crippen molar-refractivity contribution in [3.8, 4) is 11.1 Å². The highest BCUT2D eigenvalue weighted by Gasteiger charge is 2.42. The van der Waals surface area contributed by atoms with Gasteiger partial charge in [-0.2, -0.15) is 0 Å². The summed E-state index contributed by atoms with van der Waals surface area (Å²) in [7, 11) is 0. The molecule has 0 aromatic heterocycles. The Morgan fingerprint density at radius 2 is 1.63 bits per heavy atom. The van der Waals surface area contributed by atoms with Gasteiger partial charge in [0.05, 0.1) is 6.42 Å². The molecule has 5 unspecified atom stereocenters. The first-order valence-electron chi connectivity index (χ1n) is 12.5. The van der Waals surface area contributed by atoms with Crippen LogP contribution in [-0.2, 0) is 14.3 Å². The maximum atomic E-state index is 12.9. The molecule has 0 saturated heterocycles. The van der Waals surface area contributed by atoms with Crippen molar-refractivity contribution in [1.29, 1.82) is 0 Å². The number of nitrogens with one attached hydrogen (secondary N) is 2. The predicted molar refractivity (Wildman–Crippen MR) is 131 cm³/mol. The number of hydrogen-bond acceptors (Lipinski definition) is 4. The van der Waals surface area contributed by atoms with Gasteiger partial charge in [-0.05, 0) is 66.2 Å². The van der Waals surface area contributed by atoms with Gasteiger partial charge in [0.15, 0.2) is 0 Å². The summed E-state index contributed by atoms with van der Waals surface area (Å²) in [4.78, 5) is 37.0. The Morgan fingerprint density at radius 1 is 0.971 bits per heavy atom. The molecule has 0 heterocycles. The lowest BCUT2D eigenvalue weighted by Gasteiger charge is -2.29. The van der Waals surface area contributed by atoms with E-state index in [4.69, 9.17) is 4.74 Å². The lowest BCUT2D eigenvalue weighted by molar-refractivity contribution is -0.140. The maximum absolute atomic E-state index is 12.9. The quantitative estimate of drug-likeness (QED) is 0.527. The Balaban J connectivity index is 1.21. The number of carboxylic acid groups (broad SMARTS) is 1. The maximum Gasteiger partial charge on any atom is 0.407 e. The van der Waals surface area contributed by atoms with E-state index >= 15 is 0 Å². The van der Waals surface area contributed by atoms with Crippen molar-refractivity contribution in [2.45, 2.75) is 57.0 Å². The van der Waals surface area contributed by atoms with Gasteiger partial charge in [-0.3, -0.25) is 9.59 Å². The molecule has 7 heteroatoms. The highest BCUT2D eigenvalue weighted by molar-refractivity contribution is 5.89. The molecule has 35 heavy (non-hydrogen) atoms. The summed E-state index contributed by atoms with van der Waals surface area (Å²) in [5, 5.41) is 14.8. The molecule has 2 aromatic carbocycles. The van der Waals surface area contributed by atoms with E-state index in [0.717, 1.165) is 34.6 Å². The highest BCUT2D eigenvalue weighted by Crippen LogP contribution is 2.49. The number of benzene rings is 2. The van der Waals surface area contributed by atoms with Crippen LogP contribution in [0.1, 0.15) is 56.1 Å². The smallest absolute Gasteiger partial charge is 0.407 e. The molecule has 5 rings (SSSR count). The van der Waals surface area contributed by atoms with Crippen LogP contribution >= 0.6 is 0 Å². The third-order valence-corrected chi connectivity index (χ3v) is 8.14. The number of fused-ring (bicyclic) bond motifs is 5. The van der Waals surface area contributed by atoms with E-state index in [1.807, 2.05) is 43.3 Å². The van der Waals surface area contributed by atoms with Crippen molar-refractivity contribution >= 4 is 18.0 Å². The minimum absolute atomic E-state index is 0.0570. The molecule has 2 aromatic rings. The molecular formula is C28H32N2O5. The van der Waals surface area contributed by atoms with E-state index < -0.39 is 30.4 Å². The second kappa shape index (κ2) is 9.72. The number of rotatable bonds is 8. The number of carbonyl (C=O) groups excluding carboxylic acids is 2. The van der Waals surface area contributed by atoms with Crippen molar-refractivity contribution in [3.63, 3.8) is 0 Å². The Bertz CT molecular complexity index is 1090. The summed E-state index contributed by atoms with van der Waals surface area (Å²) in [6, 6.07) is 14.8. The van der Waals surface area contributed by atoms with Crippen LogP contribution in [0.25, 0.3) is 11.1 Å². The summed E-state index contributed by atoms with van der Waals surface area (Å²) in [5.74, 6) is 0.0460. The van der Waals surface area contributed by atoms with Crippen LogP contribution in [0.15, 0.2) is 48.5 Å². The second-order valence-corrected chi connectivity index (χ2v) is 10.3. The van der Waals surface area contributed by atoms with Crippen LogP contribution in [0.4, 0.5) is 4.79 Å². The number of alkyl carbamates (subject to hydrolysis) is 1. The zero-order valence-corrected chi connectivity index (χ0v) is 19.9. The summed E-state index contributed by atoms with van der Waals surface area (Å²) >= 11 is 0. The molecule has 3 N–H and O–H groups in total. The number of carboxylic acids is 1. The van der Waals surface area contributed by atoms with Crippen LogP contribution < -0.4 is 10.6 Å². The van der Waals surface area contributed by atoms with E-state index in [0.29, 0.717) is 11.8 Å². The van der Waals surface area contributed by atoms with Crippen LogP contribution in [0, 0.1) is 17.8 Å². The zero-order chi connectivity index (χ0) is 24.5. The van der Waals surface area contributed by atoms with Gasteiger partial charge < -0.3 is 20.5 Å². The number of aliphatic carboxylic acids is 1. The molecule has 2 amide bonds. The van der Waals surface area contributed by atoms with Crippen molar-refractivity contribution in [1.82, 2.24) is 10.6 Å². The van der Waals surface area contributed by atoms with Gasteiger partial charge in [-0.25, -0.2) is 4.79 Å². The first kappa shape index (κ1) is 23.4. The largest absolute Gasteiger partial charge is 0.481 e. The minimum atomic E-state index is -1.19. The monoisotopic (exact) mass is 476 g/mol. The predicted octanol–water partition coefficient (Wildman–Crippen LogP) is 4.31. The summed E-state index contributed by atoms with van der Waals surface area (Å²) < 4.78 is 5.52. The number of ether oxygens (including phenoxy) is 1. The average molecular weight is 477 g/mol. The average Bonchev–Trinajstić information content (AvgIpc) is 3.55. The molecule has 2 saturated carbocycles. The Hall–Kier alpha value is -3.35. The molecule has 3 aliphatic carbocycles. The van der Waals surface area contributed by atoms with E-state index in [1.54, 1.807) is 0 Å². The lowest BCUT2D eigenvalue weighted by atomic mass is 9.84. The Kier molecular flexibility index (Phi) is 6.50. The topological polar surface area (TPSA) is 105 Å². The minimum Gasteiger partial charge on any atom is -0.481 e. The van der Waals surface area contributed by atoms with Gasteiger partial charge in [0.25, 0.3) is 0 Å². The van der Waals surface area contributed by atoms with Gasteiger partial charge >= 0.3 is 12.1 Å². The summed E-state index contributed by atoms with van der Waals surface area (Å²) in [6.07, 6.45) is 3.51. The third kappa shape index (κ3) is 4.77. The summed E-state index contributed by atoms with van der Waals surface area (Å²) in [6.45, 7) is 2.08. The standard InChI is InChI=1S/C28H32N2O5/c1-16(23-13-17-10-11-18(23)12-17)29-27(33)25(14-26(31)32)30-28(34)35-15-24-21-8-4-2-6-19(21)20-7-3-5-9-22(20)24/h2-9,16-18,23-25H,10-15H2,1H3,(H,29,33)(H,30,34)(H,31,32). The molecule has 184 valence electrons. The van der Waals surface area contributed by atoms with Crippen molar-refractivity contribution in [2.24, 2.45) is 17.8 Å². The van der Waals surface area contributed by atoms with Gasteiger partial charge in [-0.1, -0.05) is 55.0 Å². The summed E-state index contributed by atoms with van der Waals surface area (Å²) in [5.41, 5.74) is 4.41. The highest BCUT2D eigenvalue weighted by atomic mass is 16.5. The molecule has 7 nitrogen and oxygen atoms in total. The SMILES string of the molecule is CC(NC(=O)C(CC(=O)O)NC(=O)OCC1c2ccccc2-c2ccccc21)C1CC2CCC1C2. The van der Waals surface area contributed by atoms with Crippen molar-refractivity contribution < 1.29 is 24.2 Å². The van der Waals surface area contributed by atoms with Crippen molar-refractivity contribution in [2.75, 3.05) is 6.61 Å². The molecule has 2 bridgehead atoms.